The zero-order valence-corrected chi connectivity index (χ0v) is 30.3. The van der Waals surface area contributed by atoms with Crippen LogP contribution in [0.25, 0.3) is 122 Å². The van der Waals surface area contributed by atoms with Gasteiger partial charge in [0.1, 0.15) is 33.5 Å². The Labute approximate surface area is 325 Å². The van der Waals surface area contributed by atoms with E-state index in [2.05, 4.69) is 109 Å². The second-order valence-electron chi connectivity index (χ2n) is 14.4. The highest BCUT2D eigenvalue weighted by Crippen LogP contribution is 2.39. The van der Waals surface area contributed by atoms with E-state index in [1.807, 2.05) is 66.7 Å². The van der Waals surface area contributed by atoms with Crippen molar-refractivity contribution >= 4 is 65.8 Å². The lowest BCUT2D eigenvalue weighted by molar-refractivity contribution is 0.668. The Bertz CT molecular complexity index is 3520. The third-order valence-electron chi connectivity index (χ3n) is 11.0. The molecule has 4 aromatic heterocycles. The van der Waals surface area contributed by atoms with E-state index in [1.54, 1.807) is 0 Å². The number of benzene rings is 8. The molecule has 0 N–H and O–H groups in total. The predicted molar refractivity (Wildman–Crippen MR) is 229 cm³/mol. The molecule has 6 nitrogen and oxygen atoms in total. The van der Waals surface area contributed by atoms with Gasteiger partial charge in [-0.05, 0) is 65.2 Å². The van der Waals surface area contributed by atoms with Crippen LogP contribution in [0.5, 0.6) is 0 Å². The molecule has 0 radical (unpaired) electrons. The number of fused-ring (bicyclic) bond motifs is 9. The van der Waals surface area contributed by atoms with Crippen molar-refractivity contribution < 1.29 is 13.3 Å². The van der Waals surface area contributed by atoms with Gasteiger partial charge in [0.25, 0.3) is 0 Å². The van der Waals surface area contributed by atoms with Crippen LogP contribution < -0.4 is 0 Å². The average Bonchev–Trinajstić information content (AvgIpc) is 3.97. The number of furan rings is 3. The maximum atomic E-state index is 6.62. The smallest absolute Gasteiger partial charge is 0.164 e. The number of nitrogens with zero attached hydrogens (tertiary/aromatic N) is 3. The molecule has 0 saturated heterocycles. The van der Waals surface area contributed by atoms with Crippen LogP contribution in [-0.2, 0) is 0 Å². The molecule has 0 amide bonds. The molecule has 0 saturated carbocycles. The summed E-state index contributed by atoms with van der Waals surface area (Å²) in [5.74, 6) is 1.66. The Hall–Kier alpha value is -7.83. The van der Waals surface area contributed by atoms with Gasteiger partial charge in [-0.1, -0.05) is 127 Å². The highest BCUT2D eigenvalue weighted by molar-refractivity contribution is 6.10. The van der Waals surface area contributed by atoms with Crippen LogP contribution in [0, 0.1) is 0 Å². The maximum Gasteiger partial charge on any atom is 0.164 e. The number of aromatic nitrogens is 3. The second-order valence-corrected chi connectivity index (χ2v) is 14.4. The standard InChI is InChI=1S/C51H29N3O3/c1-2-9-31(10-3-1)36-13-8-14-42-41-26-23-35(29-47(41)57-48(36)42)51-53-49(52-50(54-51)34-22-25-40-38-12-5-7-16-44(38)56-46(40)28-34)32-19-17-30(18-20-32)33-21-24-39-37-11-4-6-15-43(37)55-45(39)27-33/h1-29H. The van der Waals surface area contributed by atoms with Gasteiger partial charge < -0.3 is 13.3 Å². The number of rotatable bonds is 5. The predicted octanol–water partition coefficient (Wildman–Crippen LogP) is 13.9. The van der Waals surface area contributed by atoms with E-state index < -0.39 is 0 Å². The van der Waals surface area contributed by atoms with E-state index in [1.165, 1.54) is 0 Å². The average molecular weight is 732 g/mol. The lowest BCUT2D eigenvalue weighted by Crippen LogP contribution is -2.00. The monoisotopic (exact) mass is 731 g/mol. The fourth-order valence-electron chi connectivity index (χ4n) is 8.13. The topological polar surface area (TPSA) is 78.1 Å². The molecule has 0 unspecified atom stereocenters. The molecule has 8 aromatic carbocycles. The normalized spacial score (nSPS) is 11.9. The first kappa shape index (κ1) is 31.5. The van der Waals surface area contributed by atoms with Gasteiger partial charge in [0, 0.05) is 54.6 Å². The molecule has 0 atom stereocenters. The van der Waals surface area contributed by atoms with Crippen LogP contribution in [0.15, 0.2) is 189 Å². The van der Waals surface area contributed by atoms with Crippen molar-refractivity contribution in [3.63, 3.8) is 0 Å². The minimum absolute atomic E-state index is 0.546. The lowest BCUT2D eigenvalue weighted by Gasteiger charge is -2.09. The van der Waals surface area contributed by atoms with Gasteiger partial charge in [0.15, 0.2) is 17.5 Å². The largest absolute Gasteiger partial charge is 0.456 e. The Morgan fingerprint density at radius 2 is 0.702 bits per heavy atom. The van der Waals surface area contributed by atoms with Crippen LogP contribution in [-0.4, -0.2) is 15.0 Å². The summed E-state index contributed by atoms with van der Waals surface area (Å²) in [6.45, 7) is 0. The third-order valence-corrected chi connectivity index (χ3v) is 11.0. The fourth-order valence-corrected chi connectivity index (χ4v) is 8.13. The lowest BCUT2D eigenvalue weighted by atomic mass is 10.0. The quantitative estimate of drug-likeness (QED) is 0.175. The highest BCUT2D eigenvalue weighted by Gasteiger charge is 2.18. The molecule has 266 valence electrons. The summed E-state index contributed by atoms with van der Waals surface area (Å²) < 4.78 is 19.1. The van der Waals surface area contributed by atoms with Crippen LogP contribution in [0.4, 0.5) is 0 Å². The van der Waals surface area contributed by atoms with Crippen molar-refractivity contribution in [1.82, 2.24) is 15.0 Å². The van der Waals surface area contributed by atoms with Crippen molar-refractivity contribution in [1.29, 1.82) is 0 Å². The van der Waals surface area contributed by atoms with E-state index in [4.69, 9.17) is 28.2 Å². The molecule has 57 heavy (non-hydrogen) atoms. The molecule has 0 aliphatic carbocycles. The minimum atomic E-state index is 0.546. The van der Waals surface area contributed by atoms with Crippen LogP contribution in [0.2, 0.25) is 0 Å². The molecular formula is C51H29N3O3. The van der Waals surface area contributed by atoms with Crippen molar-refractivity contribution in [3.05, 3.63) is 176 Å². The summed E-state index contributed by atoms with van der Waals surface area (Å²) in [4.78, 5) is 15.2. The fraction of sp³-hybridized carbons (Fsp3) is 0. The van der Waals surface area contributed by atoms with Gasteiger partial charge >= 0.3 is 0 Å². The number of hydrogen-bond donors (Lipinski definition) is 0. The highest BCUT2D eigenvalue weighted by atomic mass is 16.3. The summed E-state index contributed by atoms with van der Waals surface area (Å²) in [7, 11) is 0. The van der Waals surface area contributed by atoms with E-state index in [0.29, 0.717) is 17.5 Å². The van der Waals surface area contributed by atoms with E-state index in [-0.39, 0.29) is 0 Å². The van der Waals surface area contributed by atoms with Gasteiger partial charge in [-0.2, -0.15) is 0 Å². The first-order valence-electron chi connectivity index (χ1n) is 18.9. The van der Waals surface area contributed by atoms with Gasteiger partial charge in [-0.3, -0.25) is 0 Å². The first-order chi connectivity index (χ1) is 28.2. The Morgan fingerprint density at radius 1 is 0.263 bits per heavy atom. The van der Waals surface area contributed by atoms with Crippen molar-refractivity contribution in [2.24, 2.45) is 0 Å². The van der Waals surface area contributed by atoms with E-state index in [9.17, 15) is 0 Å². The van der Waals surface area contributed by atoms with Crippen molar-refractivity contribution in [2.45, 2.75) is 0 Å². The molecule has 0 spiro atoms. The van der Waals surface area contributed by atoms with Crippen LogP contribution >= 0.6 is 0 Å². The number of hydrogen-bond acceptors (Lipinski definition) is 6. The summed E-state index contributed by atoms with van der Waals surface area (Å²) in [5, 5.41) is 6.44. The van der Waals surface area contributed by atoms with Gasteiger partial charge in [0.2, 0.25) is 0 Å². The summed E-state index contributed by atoms with van der Waals surface area (Å²) in [6, 6.07) is 59.9. The molecule has 12 rings (SSSR count). The van der Waals surface area contributed by atoms with Crippen molar-refractivity contribution in [3.8, 4) is 56.4 Å². The maximum absolute atomic E-state index is 6.62. The zero-order chi connectivity index (χ0) is 37.5. The third kappa shape index (κ3) is 5.15. The second kappa shape index (κ2) is 12.3. The van der Waals surface area contributed by atoms with Crippen LogP contribution in [0.1, 0.15) is 0 Å². The SMILES string of the molecule is c1ccc(-c2cccc3c2oc2cc(-c4nc(-c5ccc(-c6ccc7c(c6)oc6ccccc67)cc5)nc(-c5ccc6c(c5)oc5ccccc56)n4)ccc23)cc1. The minimum Gasteiger partial charge on any atom is -0.456 e. The van der Waals surface area contributed by atoms with Gasteiger partial charge in [-0.25, -0.2) is 15.0 Å². The molecule has 0 aliphatic rings. The van der Waals surface area contributed by atoms with E-state index in [0.717, 1.165) is 105 Å². The number of para-hydroxylation sites is 3. The summed E-state index contributed by atoms with van der Waals surface area (Å²) in [5.41, 5.74) is 11.8. The van der Waals surface area contributed by atoms with Crippen molar-refractivity contribution in [2.75, 3.05) is 0 Å². The molecule has 0 bridgehead atoms. The molecular weight excluding hydrogens is 703 g/mol. The summed E-state index contributed by atoms with van der Waals surface area (Å²) in [6.07, 6.45) is 0. The van der Waals surface area contributed by atoms with Crippen LogP contribution in [0.3, 0.4) is 0 Å². The molecule has 4 heterocycles. The first-order valence-corrected chi connectivity index (χ1v) is 18.9. The zero-order valence-electron chi connectivity index (χ0n) is 30.3. The Morgan fingerprint density at radius 3 is 1.33 bits per heavy atom. The molecule has 0 fully saturated rings. The molecule has 6 heteroatoms. The summed E-state index contributed by atoms with van der Waals surface area (Å²) >= 11 is 0. The molecule has 0 aliphatic heterocycles. The molecule has 12 aromatic rings. The Balaban J connectivity index is 0.984. The van der Waals surface area contributed by atoms with Gasteiger partial charge in [-0.15, -0.1) is 0 Å². The van der Waals surface area contributed by atoms with Gasteiger partial charge in [0.05, 0.1) is 0 Å². The van der Waals surface area contributed by atoms with E-state index >= 15 is 0 Å². The Kier molecular flexibility index (Phi) is 6.83.